The van der Waals surface area contributed by atoms with Crippen LogP contribution in [-0.2, 0) is 35.6 Å². The summed E-state index contributed by atoms with van der Waals surface area (Å²) in [5.41, 5.74) is 9.27. The Bertz CT molecular complexity index is 4580. The third-order valence-electron chi connectivity index (χ3n) is 15.7. The normalized spacial score (nSPS) is 12.6. The highest BCUT2D eigenvalue weighted by atomic mass is 79.9. The summed E-state index contributed by atoms with van der Waals surface area (Å²) in [6, 6.07) is 33.8. The molecule has 2 amide bonds. The topological polar surface area (TPSA) is 222 Å². The first kappa shape index (κ1) is 69.9. The van der Waals surface area contributed by atoms with Crippen LogP contribution in [0.2, 0.25) is 10.0 Å². The lowest BCUT2D eigenvalue weighted by molar-refractivity contribution is -0.141. The number of hydrogen-bond donors (Lipinski definition) is 1. The third-order valence-corrected chi connectivity index (χ3v) is 16.8. The van der Waals surface area contributed by atoms with Crippen molar-refractivity contribution >= 4 is 90.3 Å². The lowest BCUT2D eigenvalue weighted by Crippen LogP contribution is -2.31. The van der Waals surface area contributed by atoms with Crippen molar-refractivity contribution in [1.82, 2.24) is 38.4 Å². The van der Waals surface area contributed by atoms with Gasteiger partial charge in [0.1, 0.15) is 17.0 Å². The van der Waals surface area contributed by atoms with E-state index in [1.165, 1.54) is 37.7 Å². The molecule has 4 aromatic carbocycles. The highest BCUT2D eigenvalue weighted by molar-refractivity contribution is 9.10. The number of carbonyl (C=O) groups is 3. The molecular formula is C70H70BrCl2F2N9O11. The molecule has 7 heterocycles. The first-order valence-corrected chi connectivity index (χ1v) is 32.0. The summed E-state index contributed by atoms with van der Waals surface area (Å²) in [5.74, 6) is 1.86. The molecule has 95 heavy (non-hydrogen) atoms. The van der Waals surface area contributed by atoms with Crippen LogP contribution in [0.1, 0.15) is 102 Å². The van der Waals surface area contributed by atoms with Crippen LogP contribution in [0, 0.1) is 19.8 Å². The number of pyridine rings is 4. The zero-order valence-electron chi connectivity index (χ0n) is 53.7. The van der Waals surface area contributed by atoms with Crippen LogP contribution in [0.15, 0.2) is 142 Å². The number of benzene rings is 4. The number of esters is 1. The second-order valence-electron chi connectivity index (χ2n) is 22.0. The van der Waals surface area contributed by atoms with Gasteiger partial charge >= 0.3 is 12.6 Å². The van der Waals surface area contributed by atoms with Crippen molar-refractivity contribution in [2.45, 2.75) is 99.0 Å². The van der Waals surface area contributed by atoms with Gasteiger partial charge in [0.05, 0.1) is 74.5 Å². The number of hydrogen-bond acceptors (Lipinski definition) is 15. The maximum Gasteiger partial charge on any atom is 0.387 e. The third kappa shape index (κ3) is 16.2. The fraction of sp³-hybridized carbons (Fsp3) is 0.300. The molecule has 0 bridgehead atoms. The molecule has 10 aromatic rings. The van der Waals surface area contributed by atoms with Crippen LogP contribution in [0.4, 0.5) is 14.5 Å². The van der Waals surface area contributed by atoms with Gasteiger partial charge in [-0.2, -0.15) is 13.8 Å². The number of alkyl halides is 2. The van der Waals surface area contributed by atoms with Crippen molar-refractivity contribution in [3.05, 3.63) is 202 Å². The molecule has 1 aliphatic carbocycles. The molecule has 0 spiro atoms. The van der Waals surface area contributed by atoms with Crippen molar-refractivity contribution in [3.63, 3.8) is 0 Å². The van der Waals surface area contributed by atoms with E-state index in [1.54, 1.807) is 59.6 Å². The molecule has 12 rings (SSSR count). The van der Waals surface area contributed by atoms with Crippen LogP contribution in [0.25, 0.3) is 38.8 Å². The summed E-state index contributed by atoms with van der Waals surface area (Å²) in [6.45, 7) is 8.97. The summed E-state index contributed by atoms with van der Waals surface area (Å²) in [6.07, 6.45) is 6.42. The first-order chi connectivity index (χ1) is 45.7. The van der Waals surface area contributed by atoms with Crippen molar-refractivity contribution in [1.29, 1.82) is 0 Å². The average molecular weight is 1400 g/mol. The number of anilines is 1. The number of aromatic nitrogens is 7. The van der Waals surface area contributed by atoms with Crippen LogP contribution >= 0.6 is 39.1 Å². The van der Waals surface area contributed by atoms with Gasteiger partial charge < -0.3 is 43.2 Å². The van der Waals surface area contributed by atoms with E-state index >= 15 is 0 Å². The molecule has 1 fully saturated rings. The number of imidazole rings is 1. The summed E-state index contributed by atoms with van der Waals surface area (Å²) >= 11 is 15.4. The van der Waals surface area contributed by atoms with E-state index < -0.39 is 18.6 Å². The lowest BCUT2D eigenvalue weighted by atomic mass is 10.0. The minimum Gasteiger partial charge on any atom is -0.493 e. The Hall–Kier alpha value is -9.45. The number of nitrogens with one attached hydrogen (secondary N) is 1. The van der Waals surface area contributed by atoms with E-state index in [0.29, 0.717) is 60.6 Å². The van der Waals surface area contributed by atoms with Crippen molar-refractivity contribution in [2.24, 2.45) is 5.92 Å². The quantitative estimate of drug-likeness (QED) is 0.0744. The molecule has 496 valence electrons. The van der Waals surface area contributed by atoms with Gasteiger partial charge in [-0.25, -0.2) is 9.97 Å². The highest BCUT2D eigenvalue weighted by Crippen LogP contribution is 2.39. The molecule has 1 aliphatic heterocycles. The molecule has 0 radical (unpaired) electrons. The molecule has 1 unspecified atom stereocenters. The number of nitrogens with zero attached hydrogens (tertiary/aromatic N) is 8. The maximum absolute atomic E-state index is 12.9. The number of fused-ring (bicyclic) bond motifs is 5. The number of methoxy groups -OCH3 is 4. The van der Waals surface area contributed by atoms with Gasteiger partial charge in [-0.1, -0.05) is 89.4 Å². The lowest BCUT2D eigenvalue weighted by Gasteiger charge is -2.28. The van der Waals surface area contributed by atoms with Gasteiger partial charge in [0, 0.05) is 77.3 Å². The van der Waals surface area contributed by atoms with Crippen molar-refractivity contribution in [3.8, 4) is 40.0 Å². The largest absolute Gasteiger partial charge is 0.493 e. The van der Waals surface area contributed by atoms with E-state index in [2.05, 4.69) is 52.8 Å². The molecule has 25 heteroatoms. The van der Waals surface area contributed by atoms with Crippen LogP contribution < -0.4 is 40.1 Å². The van der Waals surface area contributed by atoms with E-state index in [4.69, 9.17) is 46.9 Å². The second-order valence-corrected chi connectivity index (χ2v) is 23.7. The molecule has 6 aromatic heterocycles. The predicted molar refractivity (Wildman–Crippen MR) is 364 cm³/mol. The zero-order chi connectivity index (χ0) is 68.2. The zero-order valence-corrected chi connectivity index (χ0v) is 56.8. The number of halogens is 5. The Morgan fingerprint density at radius 2 is 1.48 bits per heavy atom. The Morgan fingerprint density at radius 3 is 2.14 bits per heavy atom. The van der Waals surface area contributed by atoms with E-state index in [0.717, 1.165) is 91.8 Å². The number of rotatable bonds is 19. The fourth-order valence-corrected chi connectivity index (χ4v) is 11.7. The van der Waals surface area contributed by atoms with Gasteiger partial charge in [0.25, 0.3) is 22.9 Å². The SMILES string of the molecule is CCCn1c(=O)c2c(C)nc(CC)n2c2nc(OC)ccc21.CCn1c(=O)cc(-c2cccc(Br)c2)c2ccc(C)nc21.COC(=O)CC(c1ccc(OC)c(OC)c1)N1Cc2ccccc2C1=O.O=C(Nc1c(Cl)cncc1Cl)c1ccc(OC(F)F)c(OCC2CC2)c1. The number of aryl methyl sites for hydroxylation is 5. The number of ether oxygens (including phenoxy) is 6. The maximum atomic E-state index is 12.9. The Morgan fingerprint density at radius 1 is 0.747 bits per heavy atom. The first-order valence-electron chi connectivity index (χ1n) is 30.5. The molecule has 1 N–H and O–H groups in total. The molecule has 1 atom stereocenters. The van der Waals surface area contributed by atoms with Crippen LogP contribution in [0.3, 0.4) is 0 Å². The molecular weight excluding hydrogens is 1330 g/mol. The van der Waals surface area contributed by atoms with E-state index in [9.17, 15) is 32.8 Å². The molecule has 0 saturated heterocycles. The Kier molecular flexibility index (Phi) is 23.3. The summed E-state index contributed by atoms with van der Waals surface area (Å²) in [5, 5.41) is 3.92. The van der Waals surface area contributed by atoms with Crippen LogP contribution in [0.5, 0.6) is 28.9 Å². The Labute approximate surface area is 564 Å². The van der Waals surface area contributed by atoms with Gasteiger partial charge in [0.2, 0.25) is 5.88 Å². The predicted octanol–water partition coefficient (Wildman–Crippen LogP) is 14.5. The highest BCUT2D eigenvalue weighted by Gasteiger charge is 2.35. The molecule has 1 saturated carbocycles. The second kappa shape index (κ2) is 31.7. The molecule has 2 aliphatic rings. The van der Waals surface area contributed by atoms with Gasteiger partial charge in [-0.15, -0.1) is 0 Å². The summed E-state index contributed by atoms with van der Waals surface area (Å²) in [7, 11) is 6.04. The van der Waals surface area contributed by atoms with E-state index in [-0.39, 0.29) is 62.2 Å². The van der Waals surface area contributed by atoms with Gasteiger partial charge in [0.15, 0.2) is 28.6 Å². The monoisotopic (exact) mass is 1400 g/mol. The average Bonchev–Trinajstić information content (AvgIpc) is 1.67. The van der Waals surface area contributed by atoms with Gasteiger partial charge in [-0.05, 0) is 135 Å². The smallest absolute Gasteiger partial charge is 0.387 e. The van der Waals surface area contributed by atoms with Crippen molar-refractivity contribution < 1.29 is 51.6 Å². The minimum absolute atomic E-state index is 0.00832. The van der Waals surface area contributed by atoms with Crippen LogP contribution in [-0.4, -0.2) is 97.8 Å². The molecule has 20 nitrogen and oxygen atoms in total. The summed E-state index contributed by atoms with van der Waals surface area (Å²) in [4.78, 5) is 81.8. The fourth-order valence-electron chi connectivity index (χ4n) is 10.8. The number of amides is 2. The standard InChI is InChI=1S/C20H21NO5.C17H15BrN2O.C17H14Cl2F2N2O3.C16H20N4O2/c1-24-17-9-8-13(10-18(17)25-2)16(11-19(22)26-3)21-12-14-6-4-5-7-15(14)20(21)23;1-3-20-16(21)10-15(12-5-4-6-13(18)9-12)14-8-7-11(2)19-17(14)20;18-11-6-22-7-12(19)15(11)23-16(24)10-3-4-13(26-17(20)21)14(5-10)25-8-9-1-2-9;1-5-9-19-11-7-8-13(22-4)18-15(11)20-12(6-2)17-10(3)14(20)16(19)21/h4-10,16H,11-12H2,1-3H3;4-10H,3H2,1-2H3;3-7,9,17H,1-2,8H2,(H,22,23,24);7-8H,5-6,9H2,1-4H3. The van der Waals surface area contributed by atoms with E-state index in [1.807, 2.05) is 105 Å². The summed E-state index contributed by atoms with van der Waals surface area (Å²) < 4.78 is 62.2. The minimum atomic E-state index is -2.99. The number of carbonyl (C=O) groups excluding carboxylic acids is 3. The van der Waals surface area contributed by atoms with Crippen molar-refractivity contribution in [2.75, 3.05) is 40.4 Å². The Balaban J connectivity index is 0.000000149. The van der Waals surface area contributed by atoms with Gasteiger partial charge in [-0.3, -0.25) is 37.9 Å².